The molecule has 0 saturated heterocycles. The summed E-state index contributed by atoms with van der Waals surface area (Å²) < 4.78 is 0. The fraction of sp³-hybridized carbons (Fsp3) is 0.467. The summed E-state index contributed by atoms with van der Waals surface area (Å²) in [5.74, 6) is 1.69. The van der Waals surface area contributed by atoms with Gasteiger partial charge in [-0.05, 0) is 12.8 Å². The molecule has 0 aliphatic rings. The SMILES string of the molecule is CBr.CC(C)(C)c1nc(N)ncc1Cl.CC(C)c1ncc(C(=O)Nc2ncc(Cl)c(C(C)(C)C)n2)s1.CC(C)c1ncc(C(=O)O)s1.CC(N)c1ncc(C(=O)Nc2ncc(Cl)c(C(C)(C)C)n2)s1.[HH]. The van der Waals surface area contributed by atoms with Gasteiger partial charge in [-0.1, -0.05) is 141 Å². The number of aromatic carboxylic acids is 1. The Kier molecular flexibility index (Phi) is 23.6. The minimum atomic E-state index is -0.894. The molecule has 378 valence electrons. The maximum Gasteiger partial charge on any atom is 0.347 e. The van der Waals surface area contributed by atoms with E-state index >= 15 is 0 Å². The van der Waals surface area contributed by atoms with Gasteiger partial charge in [-0.15, -0.1) is 34.0 Å². The quantitative estimate of drug-likeness (QED) is 0.0887. The molecular weight excluding hydrogens is 1070 g/mol. The molecule has 6 aromatic heterocycles. The van der Waals surface area contributed by atoms with Crippen LogP contribution in [0.1, 0.15) is 177 Å². The lowest BCUT2D eigenvalue weighted by Gasteiger charge is -2.19. The Bertz CT molecular complexity index is 2530. The van der Waals surface area contributed by atoms with Gasteiger partial charge in [-0.3, -0.25) is 20.2 Å². The summed E-state index contributed by atoms with van der Waals surface area (Å²) in [6.45, 7) is 28.0. The zero-order valence-corrected chi connectivity index (χ0v) is 47.6. The van der Waals surface area contributed by atoms with Gasteiger partial charge in [-0.25, -0.2) is 49.7 Å². The predicted octanol–water partition coefficient (Wildman–Crippen LogP) is 12.6. The smallest absolute Gasteiger partial charge is 0.347 e. The number of alkyl halides is 1. The minimum absolute atomic E-state index is 0. The molecule has 0 saturated carbocycles. The van der Waals surface area contributed by atoms with Crippen LogP contribution in [0.3, 0.4) is 0 Å². The summed E-state index contributed by atoms with van der Waals surface area (Å²) in [4.78, 5) is 73.2. The van der Waals surface area contributed by atoms with Crippen LogP contribution in [0.25, 0.3) is 0 Å². The summed E-state index contributed by atoms with van der Waals surface area (Å²) in [5.41, 5.74) is 12.8. The van der Waals surface area contributed by atoms with Gasteiger partial charge in [0.15, 0.2) is 0 Å². The molecule has 2 amide bonds. The first-order valence-electron chi connectivity index (χ1n) is 21.1. The van der Waals surface area contributed by atoms with Gasteiger partial charge in [0, 0.05) is 29.5 Å². The maximum atomic E-state index is 12.2. The van der Waals surface area contributed by atoms with Crippen LogP contribution in [0.5, 0.6) is 0 Å². The van der Waals surface area contributed by atoms with Gasteiger partial charge in [0.25, 0.3) is 11.8 Å². The molecule has 6 heterocycles. The molecule has 0 bridgehead atoms. The van der Waals surface area contributed by atoms with Gasteiger partial charge in [0.2, 0.25) is 17.8 Å². The number of carboxylic acids is 1. The Morgan fingerprint density at radius 1 is 0.565 bits per heavy atom. The van der Waals surface area contributed by atoms with E-state index < -0.39 is 5.97 Å². The van der Waals surface area contributed by atoms with E-state index in [4.69, 9.17) is 51.4 Å². The Hall–Kier alpha value is -4.35. The number of aromatic nitrogens is 9. The molecule has 0 aliphatic heterocycles. The standard InChI is InChI=1S/C15H19ClN4OS.C14H18ClN5OS.C8H12ClN3.C7H9NO2S.CH3Br.H2/c1-8(2)13-17-7-10(22-13)12(21)20-14-18-6-9(16)11(19-14)15(3,4)5;1-7(16)12-17-6-9(22-12)11(21)20-13-18-5-8(15)10(19-13)14(2,3)4;1-8(2,3)6-5(9)4-11-7(10)12-6;1-4(2)6-8-3-5(11-6)7(9)10;1-2;/h6-8H,1-5H3,(H,18,19,20,21);5-7H,16H2,1-4H3,(H,18,19,20,21);4H,1-3H3,(H2,10,11,12);3-4H,1-2H3,(H,9,10);1H3;1H. The number of halogens is 4. The summed E-state index contributed by atoms with van der Waals surface area (Å²) in [6.07, 6.45) is 9.02. The third kappa shape index (κ3) is 19.4. The average Bonchev–Trinajstić information content (AvgIpc) is 4.06. The number of nitrogen functional groups attached to an aromatic ring is 1. The molecule has 17 nitrogen and oxygen atoms in total. The summed E-state index contributed by atoms with van der Waals surface area (Å²) in [7, 11) is 0. The highest BCUT2D eigenvalue weighted by Crippen LogP contribution is 2.30. The number of anilines is 3. The molecule has 1 unspecified atom stereocenters. The predicted molar refractivity (Wildman–Crippen MR) is 289 cm³/mol. The second kappa shape index (κ2) is 26.7. The van der Waals surface area contributed by atoms with E-state index in [9.17, 15) is 14.4 Å². The highest BCUT2D eigenvalue weighted by atomic mass is 79.9. The lowest BCUT2D eigenvalue weighted by molar-refractivity contribution is 0.0701. The van der Waals surface area contributed by atoms with Crippen LogP contribution in [0.2, 0.25) is 15.1 Å². The van der Waals surface area contributed by atoms with Crippen LogP contribution >= 0.6 is 84.7 Å². The number of carbonyl (C=O) groups is 3. The van der Waals surface area contributed by atoms with E-state index in [1.165, 1.54) is 65.0 Å². The molecule has 0 radical (unpaired) electrons. The monoisotopic (exact) mass is 1130 g/mol. The first-order chi connectivity index (χ1) is 31.9. The number of hydrogen-bond donors (Lipinski definition) is 5. The molecule has 1 atom stereocenters. The van der Waals surface area contributed by atoms with Crippen molar-refractivity contribution < 1.29 is 20.9 Å². The number of nitrogens with two attached hydrogens (primary N) is 2. The maximum absolute atomic E-state index is 12.2. The minimum Gasteiger partial charge on any atom is -0.477 e. The number of nitrogens with one attached hydrogen (secondary N) is 2. The van der Waals surface area contributed by atoms with E-state index in [1.54, 1.807) is 6.20 Å². The zero-order valence-electron chi connectivity index (χ0n) is 41.3. The number of rotatable bonds is 8. The normalized spacial score (nSPS) is 11.7. The molecule has 6 aromatic rings. The molecule has 0 spiro atoms. The van der Waals surface area contributed by atoms with Gasteiger partial charge in [-0.2, -0.15) is 0 Å². The second-order valence-electron chi connectivity index (χ2n) is 18.5. The van der Waals surface area contributed by atoms with Crippen molar-refractivity contribution in [3.05, 3.63) is 99.0 Å². The fourth-order valence-corrected chi connectivity index (χ4v) is 8.52. The van der Waals surface area contributed by atoms with Crippen molar-refractivity contribution in [2.45, 2.75) is 131 Å². The van der Waals surface area contributed by atoms with Crippen molar-refractivity contribution in [2.75, 3.05) is 22.2 Å². The third-order valence-corrected chi connectivity index (χ3v) is 13.0. The highest BCUT2D eigenvalue weighted by molar-refractivity contribution is 9.08. The molecule has 7 N–H and O–H groups in total. The molecule has 0 fully saturated rings. The summed E-state index contributed by atoms with van der Waals surface area (Å²) in [6, 6.07) is -0.203. The number of nitrogens with zero attached hydrogens (tertiary/aromatic N) is 9. The Balaban J connectivity index is 0.000000478. The van der Waals surface area contributed by atoms with E-state index in [1.807, 2.05) is 103 Å². The lowest BCUT2D eigenvalue weighted by Crippen LogP contribution is -2.18. The first-order valence-corrected chi connectivity index (χ1v) is 26.3. The largest absolute Gasteiger partial charge is 0.477 e. The van der Waals surface area contributed by atoms with Crippen molar-refractivity contribution in [1.82, 2.24) is 44.9 Å². The lowest BCUT2D eigenvalue weighted by atomic mass is 9.92. The van der Waals surface area contributed by atoms with E-state index in [0.717, 1.165) is 15.7 Å². The number of hydrogen-bond acceptors (Lipinski definition) is 17. The Labute approximate surface area is 441 Å². The average molecular weight is 1130 g/mol. The summed E-state index contributed by atoms with van der Waals surface area (Å²) >= 11 is 24.9. The van der Waals surface area contributed by atoms with Crippen LogP contribution in [0.4, 0.5) is 17.8 Å². The van der Waals surface area contributed by atoms with Gasteiger partial charge < -0.3 is 16.6 Å². The highest BCUT2D eigenvalue weighted by Gasteiger charge is 2.24. The van der Waals surface area contributed by atoms with Crippen LogP contribution in [-0.2, 0) is 16.2 Å². The zero-order chi connectivity index (χ0) is 52.8. The third-order valence-electron chi connectivity index (χ3n) is 8.44. The molecule has 0 aliphatic carbocycles. The summed E-state index contributed by atoms with van der Waals surface area (Å²) in [5, 5.41) is 18.0. The fourth-order valence-electron chi connectivity index (χ4n) is 5.06. The number of carbonyl (C=O) groups excluding carboxylic acids is 2. The van der Waals surface area contributed by atoms with E-state index in [-0.39, 0.29) is 53.4 Å². The number of carboxylic acid groups (broad SMARTS) is 1. The van der Waals surface area contributed by atoms with Crippen LogP contribution < -0.4 is 22.1 Å². The molecular formula is C45H63BrCl3N13O4S3. The van der Waals surface area contributed by atoms with Crippen molar-refractivity contribution in [1.29, 1.82) is 0 Å². The van der Waals surface area contributed by atoms with Crippen molar-refractivity contribution >= 4 is 120 Å². The molecule has 24 heteroatoms. The number of amides is 2. The Morgan fingerprint density at radius 3 is 1.17 bits per heavy atom. The van der Waals surface area contributed by atoms with Gasteiger partial charge in [0.05, 0.1) is 85.4 Å². The van der Waals surface area contributed by atoms with Crippen molar-refractivity contribution in [3.8, 4) is 0 Å². The van der Waals surface area contributed by atoms with Crippen molar-refractivity contribution in [3.63, 3.8) is 0 Å². The Morgan fingerprint density at radius 2 is 0.884 bits per heavy atom. The second-order valence-corrected chi connectivity index (χ2v) is 22.9. The van der Waals surface area contributed by atoms with Crippen molar-refractivity contribution in [2.24, 2.45) is 5.73 Å². The van der Waals surface area contributed by atoms with E-state index in [0.29, 0.717) is 57.9 Å². The molecule has 69 heavy (non-hydrogen) atoms. The van der Waals surface area contributed by atoms with Crippen LogP contribution in [-0.4, -0.2) is 73.6 Å². The molecule has 0 aromatic carbocycles. The number of thiazole rings is 3. The topological polar surface area (TPSA) is 264 Å². The first kappa shape index (κ1) is 60.8. The van der Waals surface area contributed by atoms with Crippen LogP contribution in [0, 0.1) is 0 Å². The van der Waals surface area contributed by atoms with E-state index in [2.05, 4.69) is 71.4 Å². The van der Waals surface area contributed by atoms with Gasteiger partial charge >= 0.3 is 5.97 Å². The molecule has 6 rings (SSSR count). The van der Waals surface area contributed by atoms with Gasteiger partial charge in [0.1, 0.15) is 19.6 Å². The van der Waals surface area contributed by atoms with Crippen LogP contribution in [0.15, 0.2) is 37.2 Å².